The van der Waals surface area contributed by atoms with Crippen molar-refractivity contribution < 1.29 is 13.9 Å². The van der Waals surface area contributed by atoms with E-state index in [4.69, 9.17) is 9.15 Å². The van der Waals surface area contributed by atoms with Crippen LogP contribution in [0.15, 0.2) is 75.9 Å². The molecular weight excluding hydrogens is 414 g/mol. The number of ether oxygens (including phenoxy) is 1. The van der Waals surface area contributed by atoms with Crippen LogP contribution >= 0.6 is 0 Å². The van der Waals surface area contributed by atoms with E-state index >= 15 is 0 Å². The Kier molecular flexibility index (Phi) is 5.47. The van der Waals surface area contributed by atoms with Crippen LogP contribution in [-0.4, -0.2) is 19.1 Å². The van der Waals surface area contributed by atoms with Gasteiger partial charge >= 0.3 is 5.63 Å². The van der Waals surface area contributed by atoms with Crippen LogP contribution < -0.4 is 15.3 Å². The molecule has 0 unspecified atom stereocenters. The lowest BCUT2D eigenvalue weighted by molar-refractivity contribution is -0.120. The third-order valence-corrected chi connectivity index (χ3v) is 6.42. The predicted octanol–water partition coefficient (Wildman–Crippen LogP) is 4.97. The summed E-state index contributed by atoms with van der Waals surface area (Å²) in [5, 5.41) is 0.880. The third kappa shape index (κ3) is 3.91. The van der Waals surface area contributed by atoms with E-state index < -0.39 is 0 Å². The highest BCUT2D eigenvalue weighted by Crippen LogP contribution is 2.31. The number of para-hydroxylation sites is 1. The molecule has 2 heterocycles. The zero-order valence-corrected chi connectivity index (χ0v) is 18.8. The molecule has 0 radical (unpaired) electrons. The highest BCUT2D eigenvalue weighted by Gasteiger charge is 2.24. The van der Waals surface area contributed by atoms with E-state index in [1.54, 1.807) is 4.90 Å². The highest BCUT2D eigenvalue weighted by atomic mass is 16.5. The van der Waals surface area contributed by atoms with Gasteiger partial charge in [-0.15, -0.1) is 0 Å². The van der Waals surface area contributed by atoms with E-state index in [0.29, 0.717) is 35.4 Å². The van der Waals surface area contributed by atoms with Crippen molar-refractivity contribution in [3.63, 3.8) is 0 Å². The molecule has 0 N–H and O–H groups in total. The molecule has 0 aliphatic carbocycles. The standard InChI is InChI=1S/C28H25NO4/c1-18-22-12-13-25(32-17-26(30)29-15-14-21-10-6-7-11-24(21)29)19(2)27(22)33-28(31)23(18)16-20-8-4-3-5-9-20/h3-13H,14-17H2,1-2H3. The number of aryl methyl sites for hydroxylation is 2. The maximum atomic E-state index is 12.8. The van der Waals surface area contributed by atoms with E-state index in [1.165, 1.54) is 5.56 Å². The van der Waals surface area contributed by atoms with Gasteiger partial charge in [-0.3, -0.25) is 4.79 Å². The second-order valence-electron chi connectivity index (χ2n) is 8.43. The minimum Gasteiger partial charge on any atom is -0.483 e. The van der Waals surface area contributed by atoms with Gasteiger partial charge in [-0.2, -0.15) is 0 Å². The van der Waals surface area contributed by atoms with Gasteiger partial charge in [0.2, 0.25) is 0 Å². The van der Waals surface area contributed by atoms with Gasteiger partial charge < -0.3 is 14.1 Å². The Morgan fingerprint density at radius 2 is 1.73 bits per heavy atom. The summed E-state index contributed by atoms with van der Waals surface area (Å²) in [6, 6.07) is 21.6. The number of anilines is 1. The lowest BCUT2D eigenvalue weighted by atomic mass is 9.98. The van der Waals surface area contributed by atoms with Crippen LogP contribution in [0, 0.1) is 13.8 Å². The summed E-state index contributed by atoms with van der Waals surface area (Å²) in [6.45, 7) is 4.39. The number of hydrogen-bond donors (Lipinski definition) is 0. The van der Waals surface area contributed by atoms with Crippen LogP contribution in [0.5, 0.6) is 5.75 Å². The minimum atomic E-state index is -0.339. The Balaban J connectivity index is 1.39. The van der Waals surface area contributed by atoms with Gasteiger partial charge in [0, 0.05) is 35.2 Å². The Morgan fingerprint density at radius 3 is 2.55 bits per heavy atom. The fourth-order valence-corrected chi connectivity index (χ4v) is 4.55. The average Bonchev–Trinajstić information content (AvgIpc) is 3.27. The van der Waals surface area contributed by atoms with Crippen molar-refractivity contribution in [3.05, 3.63) is 105 Å². The Hall–Kier alpha value is -3.86. The van der Waals surface area contributed by atoms with Gasteiger partial charge in [0.15, 0.2) is 6.61 Å². The van der Waals surface area contributed by atoms with Crippen LogP contribution in [0.4, 0.5) is 5.69 Å². The highest BCUT2D eigenvalue weighted by molar-refractivity contribution is 5.96. The molecule has 3 aromatic carbocycles. The van der Waals surface area contributed by atoms with Gasteiger partial charge in [0.05, 0.1) is 0 Å². The van der Waals surface area contributed by atoms with Crippen molar-refractivity contribution in [2.45, 2.75) is 26.7 Å². The SMILES string of the molecule is Cc1c(Cc2ccccc2)c(=O)oc2c(C)c(OCC(=O)N3CCc4ccccc43)ccc12. The van der Waals surface area contributed by atoms with Crippen LogP contribution in [0.25, 0.3) is 11.0 Å². The maximum absolute atomic E-state index is 12.8. The summed E-state index contributed by atoms with van der Waals surface area (Å²) in [5.41, 5.74) is 5.64. The molecule has 33 heavy (non-hydrogen) atoms. The number of carbonyl (C=O) groups is 1. The molecule has 5 heteroatoms. The first-order valence-electron chi connectivity index (χ1n) is 11.1. The monoisotopic (exact) mass is 439 g/mol. The molecule has 5 nitrogen and oxygen atoms in total. The molecule has 1 aliphatic rings. The Morgan fingerprint density at radius 1 is 0.970 bits per heavy atom. The molecular formula is C28H25NO4. The van der Waals surface area contributed by atoms with Crippen molar-refractivity contribution >= 4 is 22.6 Å². The van der Waals surface area contributed by atoms with Crippen molar-refractivity contribution in [3.8, 4) is 5.75 Å². The smallest absolute Gasteiger partial charge is 0.340 e. The van der Waals surface area contributed by atoms with Crippen LogP contribution in [0.1, 0.15) is 27.8 Å². The molecule has 0 fully saturated rings. The van der Waals surface area contributed by atoms with E-state index in [2.05, 4.69) is 0 Å². The molecule has 5 rings (SSSR count). The topological polar surface area (TPSA) is 59.8 Å². The number of fused-ring (bicyclic) bond motifs is 2. The summed E-state index contributed by atoms with van der Waals surface area (Å²) < 4.78 is 11.6. The fraction of sp³-hybridized carbons (Fsp3) is 0.214. The first-order chi connectivity index (χ1) is 16.0. The Bertz CT molecular complexity index is 1410. The van der Waals surface area contributed by atoms with Crippen molar-refractivity contribution in [2.75, 3.05) is 18.1 Å². The molecule has 0 spiro atoms. The summed E-state index contributed by atoms with van der Waals surface area (Å²) >= 11 is 0. The largest absolute Gasteiger partial charge is 0.483 e. The second kappa shape index (κ2) is 8.58. The molecule has 4 aromatic rings. The number of rotatable bonds is 5. The molecule has 0 bridgehead atoms. The molecule has 0 saturated carbocycles. The number of carbonyl (C=O) groups excluding carboxylic acids is 1. The average molecular weight is 440 g/mol. The first-order valence-corrected chi connectivity index (χ1v) is 11.1. The quantitative estimate of drug-likeness (QED) is 0.412. The summed E-state index contributed by atoms with van der Waals surface area (Å²) in [4.78, 5) is 27.4. The number of nitrogens with zero attached hydrogens (tertiary/aromatic N) is 1. The Labute approximate surface area is 192 Å². The maximum Gasteiger partial charge on any atom is 0.340 e. The van der Waals surface area contributed by atoms with Crippen molar-refractivity contribution in [1.29, 1.82) is 0 Å². The van der Waals surface area contributed by atoms with E-state index in [0.717, 1.165) is 28.6 Å². The zero-order valence-electron chi connectivity index (χ0n) is 18.8. The van der Waals surface area contributed by atoms with Gasteiger partial charge in [-0.05, 0) is 55.2 Å². The van der Waals surface area contributed by atoms with Crippen molar-refractivity contribution in [2.24, 2.45) is 0 Å². The fourth-order valence-electron chi connectivity index (χ4n) is 4.55. The van der Waals surface area contributed by atoms with Gasteiger partial charge in [-0.25, -0.2) is 4.79 Å². The van der Waals surface area contributed by atoms with Gasteiger partial charge in [0.25, 0.3) is 5.91 Å². The first kappa shape index (κ1) is 21.0. The van der Waals surface area contributed by atoms with E-state index in [-0.39, 0.29) is 18.1 Å². The van der Waals surface area contributed by atoms with E-state index in [9.17, 15) is 9.59 Å². The van der Waals surface area contributed by atoms with Crippen LogP contribution in [0.2, 0.25) is 0 Å². The molecule has 0 saturated heterocycles. The minimum absolute atomic E-state index is 0.0734. The van der Waals surface area contributed by atoms with E-state index in [1.807, 2.05) is 80.6 Å². The van der Waals surface area contributed by atoms with Gasteiger partial charge in [-0.1, -0.05) is 48.5 Å². The second-order valence-corrected chi connectivity index (χ2v) is 8.43. The normalized spacial score (nSPS) is 12.7. The third-order valence-electron chi connectivity index (χ3n) is 6.42. The lowest BCUT2D eigenvalue weighted by Gasteiger charge is -2.18. The van der Waals surface area contributed by atoms with Crippen LogP contribution in [0.3, 0.4) is 0 Å². The molecule has 166 valence electrons. The molecule has 1 amide bonds. The summed E-state index contributed by atoms with van der Waals surface area (Å²) in [7, 11) is 0. The summed E-state index contributed by atoms with van der Waals surface area (Å²) in [5.74, 6) is 0.456. The van der Waals surface area contributed by atoms with Crippen molar-refractivity contribution in [1.82, 2.24) is 0 Å². The van der Waals surface area contributed by atoms with Crippen LogP contribution in [-0.2, 0) is 17.6 Å². The molecule has 1 aromatic heterocycles. The van der Waals surface area contributed by atoms with Gasteiger partial charge in [0.1, 0.15) is 11.3 Å². The molecule has 0 atom stereocenters. The predicted molar refractivity (Wildman–Crippen MR) is 129 cm³/mol. The number of hydrogen-bond acceptors (Lipinski definition) is 4. The zero-order chi connectivity index (χ0) is 22.9. The molecule has 1 aliphatic heterocycles. The lowest BCUT2D eigenvalue weighted by Crippen LogP contribution is -2.33. The number of amides is 1. The number of benzene rings is 3. The summed E-state index contributed by atoms with van der Waals surface area (Å²) in [6.07, 6.45) is 1.38.